The third kappa shape index (κ3) is 6.64. The van der Waals surface area contributed by atoms with Gasteiger partial charge in [-0.05, 0) is 12.8 Å². The Bertz CT molecular complexity index is 259. The number of esters is 1. The summed E-state index contributed by atoms with van der Waals surface area (Å²) in [5, 5.41) is 0. The number of nitrogens with zero attached hydrogens (tertiary/aromatic N) is 2. The van der Waals surface area contributed by atoms with E-state index in [9.17, 15) is 4.79 Å². The van der Waals surface area contributed by atoms with Crippen molar-refractivity contribution in [1.29, 1.82) is 0 Å². The normalized spacial score (nSPS) is 13.2. The van der Waals surface area contributed by atoms with Gasteiger partial charge in [0.25, 0.3) is 0 Å². The number of unbranched alkanes of at least 4 members (excludes halogenated alkanes) is 2. The highest BCUT2D eigenvalue weighted by molar-refractivity contribution is 5.72. The molecule has 0 aromatic heterocycles. The SMILES string of the molecule is CCCCOC(=O)CN1[C+]N(CCCC)C=C1.[Cl-]. The minimum Gasteiger partial charge on any atom is -1.00 e. The largest absolute Gasteiger partial charge is 1.00 e. The molecule has 0 spiro atoms. The van der Waals surface area contributed by atoms with Crippen LogP contribution < -0.4 is 12.4 Å². The van der Waals surface area contributed by atoms with Crippen molar-refractivity contribution < 1.29 is 21.9 Å². The Morgan fingerprint density at radius 1 is 1.17 bits per heavy atom. The molecule has 103 valence electrons. The second-order valence-electron chi connectivity index (χ2n) is 4.15. The van der Waals surface area contributed by atoms with Gasteiger partial charge in [-0.2, -0.15) is 0 Å². The van der Waals surface area contributed by atoms with Crippen LogP contribution in [-0.2, 0) is 9.53 Å². The van der Waals surface area contributed by atoms with E-state index < -0.39 is 0 Å². The molecule has 0 unspecified atom stereocenters. The van der Waals surface area contributed by atoms with Gasteiger partial charge < -0.3 is 17.1 Å². The summed E-state index contributed by atoms with van der Waals surface area (Å²) in [4.78, 5) is 15.2. The van der Waals surface area contributed by atoms with Crippen LogP contribution in [0.5, 0.6) is 0 Å². The fourth-order valence-corrected chi connectivity index (χ4v) is 1.45. The molecule has 0 atom stereocenters. The Kier molecular flexibility index (Phi) is 9.38. The minimum absolute atomic E-state index is 0. The molecule has 0 aromatic rings. The maximum Gasteiger partial charge on any atom is 0.564 e. The molecule has 5 heteroatoms. The summed E-state index contributed by atoms with van der Waals surface area (Å²) in [6.07, 6.45) is 8.06. The number of rotatable bonds is 8. The molecule has 0 fully saturated rings. The van der Waals surface area contributed by atoms with Gasteiger partial charge in [0.15, 0.2) is 6.54 Å². The van der Waals surface area contributed by atoms with Crippen LogP contribution in [0.3, 0.4) is 0 Å². The standard InChI is InChI=1S/C13H22N2O2.ClH/c1-3-5-7-14-8-9-15(12-14)11-13(16)17-10-6-4-2;/h8-9H,3-7,10-11H2,1-2H3;1H/q+1;/p-1. The van der Waals surface area contributed by atoms with E-state index in [1.165, 1.54) is 0 Å². The Hall–Kier alpha value is -1.03. The van der Waals surface area contributed by atoms with Crippen LogP contribution in [0.2, 0.25) is 0 Å². The van der Waals surface area contributed by atoms with Gasteiger partial charge in [-0.3, -0.25) is 0 Å². The number of hydrogen-bond donors (Lipinski definition) is 0. The number of hydrogen-bond acceptors (Lipinski definition) is 4. The molecule has 0 amide bonds. The van der Waals surface area contributed by atoms with Crippen molar-refractivity contribution in [2.75, 3.05) is 19.7 Å². The summed E-state index contributed by atoms with van der Waals surface area (Å²) in [6, 6.07) is 0. The van der Waals surface area contributed by atoms with Crippen molar-refractivity contribution in [3.63, 3.8) is 0 Å². The molecule has 0 bridgehead atoms. The van der Waals surface area contributed by atoms with E-state index >= 15 is 0 Å². The van der Waals surface area contributed by atoms with Gasteiger partial charge in [0.2, 0.25) is 0 Å². The highest BCUT2D eigenvalue weighted by Crippen LogP contribution is 2.11. The zero-order valence-corrected chi connectivity index (χ0v) is 11.9. The molecular weight excluding hydrogens is 252 g/mol. The van der Waals surface area contributed by atoms with E-state index in [2.05, 4.69) is 20.5 Å². The lowest BCUT2D eigenvalue weighted by molar-refractivity contribution is -0.144. The summed E-state index contributed by atoms with van der Waals surface area (Å²) < 4.78 is 5.09. The molecule has 0 aromatic carbocycles. The smallest absolute Gasteiger partial charge is 0.564 e. The summed E-state index contributed by atoms with van der Waals surface area (Å²) >= 11 is 0. The molecule has 18 heavy (non-hydrogen) atoms. The van der Waals surface area contributed by atoms with Crippen LogP contribution >= 0.6 is 0 Å². The lowest BCUT2D eigenvalue weighted by Crippen LogP contribution is -3.00. The van der Waals surface area contributed by atoms with E-state index in [0.717, 1.165) is 32.2 Å². The quantitative estimate of drug-likeness (QED) is 0.330. The van der Waals surface area contributed by atoms with Crippen LogP contribution in [0.15, 0.2) is 12.4 Å². The minimum atomic E-state index is -0.187. The molecule has 1 heterocycles. The van der Waals surface area contributed by atoms with Crippen molar-refractivity contribution in [2.24, 2.45) is 0 Å². The van der Waals surface area contributed by atoms with Crippen LogP contribution in [0.4, 0.5) is 0 Å². The fraction of sp³-hybridized carbons (Fsp3) is 0.692. The Balaban J connectivity index is 0.00000289. The van der Waals surface area contributed by atoms with Crippen LogP contribution in [0, 0.1) is 6.67 Å². The second kappa shape index (κ2) is 9.95. The van der Waals surface area contributed by atoms with Gasteiger partial charge in [0.1, 0.15) is 0 Å². The number of carbonyl (C=O) groups excluding carboxylic acids is 1. The summed E-state index contributed by atoms with van der Waals surface area (Å²) in [6.45, 7) is 9.06. The van der Waals surface area contributed by atoms with Gasteiger partial charge in [-0.15, -0.1) is 9.80 Å². The van der Waals surface area contributed by atoms with Gasteiger partial charge in [-0.25, -0.2) is 4.79 Å². The van der Waals surface area contributed by atoms with Crippen molar-refractivity contribution >= 4 is 5.97 Å². The Morgan fingerprint density at radius 3 is 2.50 bits per heavy atom. The second-order valence-corrected chi connectivity index (χ2v) is 4.15. The van der Waals surface area contributed by atoms with E-state index in [1.807, 2.05) is 17.3 Å². The third-order valence-electron chi connectivity index (χ3n) is 2.50. The fourth-order valence-electron chi connectivity index (χ4n) is 1.45. The first-order valence-corrected chi connectivity index (χ1v) is 6.39. The average Bonchev–Trinajstić information content (AvgIpc) is 2.74. The zero-order chi connectivity index (χ0) is 12.5. The molecule has 1 aliphatic heterocycles. The number of carbonyl (C=O) groups is 1. The van der Waals surface area contributed by atoms with Crippen molar-refractivity contribution in [3.05, 3.63) is 19.1 Å². The first-order chi connectivity index (χ1) is 8.26. The number of ether oxygens (including phenoxy) is 1. The molecule has 0 saturated heterocycles. The van der Waals surface area contributed by atoms with E-state index in [0.29, 0.717) is 6.61 Å². The van der Waals surface area contributed by atoms with Crippen molar-refractivity contribution in [2.45, 2.75) is 39.5 Å². The molecular formula is C13H22ClN2O2. The summed E-state index contributed by atoms with van der Waals surface area (Å²) in [7, 11) is 0. The Morgan fingerprint density at radius 2 is 1.83 bits per heavy atom. The maximum atomic E-state index is 11.4. The number of halogens is 1. The van der Waals surface area contributed by atoms with Gasteiger partial charge in [0, 0.05) is 0 Å². The molecule has 0 N–H and O–H groups in total. The molecule has 1 radical (unpaired) electrons. The molecule has 0 aliphatic carbocycles. The predicted octanol–water partition coefficient (Wildman–Crippen LogP) is -0.781. The zero-order valence-electron chi connectivity index (χ0n) is 11.2. The lowest BCUT2D eigenvalue weighted by atomic mass is 10.3. The summed E-state index contributed by atoms with van der Waals surface area (Å²) in [5.41, 5.74) is 0. The first-order valence-electron chi connectivity index (χ1n) is 6.39. The monoisotopic (exact) mass is 273 g/mol. The molecule has 0 saturated carbocycles. The van der Waals surface area contributed by atoms with E-state index in [1.54, 1.807) is 4.90 Å². The highest BCUT2D eigenvalue weighted by atomic mass is 35.5. The molecule has 1 aliphatic rings. The molecule has 1 rings (SSSR count). The van der Waals surface area contributed by atoms with Gasteiger partial charge >= 0.3 is 12.6 Å². The highest BCUT2D eigenvalue weighted by Gasteiger charge is 2.32. The van der Waals surface area contributed by atoms with E-state index in [4.69, 9.17) is 4.74 Å². The summed E-state index contributed by atoms with van der Waals surface area (Å²) in [5.74, 6) is -0.187. The van der Waals surface area contributed by atoms with Crippen LogP contribution in [-0.4, -0.2) is 35.5 Å². The van der Waals surface area contributed by atoms with E-state index in [-0.39, 0.29) is 24.9 Å². The average molecular weight is 274 g/mol. The van der Waals surface area contributed by atoms with Crippen LogP contribution in [0.25, 0.3) is 0 Å². The predicted molar refractivity (Wildman–Crippen MR) is 66.6 cm³/mol. The topological polar surface area (TPSA) is 32.8 Å². The lowest BCUT2D eigenvalue weighted by Gasteiger charge is -2.05. The van der Waals surface area contributed by atoms with Gasteiger partial charge in [0.05, 0.1) is 25.6 Å². The van der Waals surface area contributed by atoms with Gasteiger partial charge in [-0.1, -0.05) is 26.7 Å². The third-order valence-corrected chi connectivity index (χ3v) is 2.50. The van der Waals surface area contributed by atoms with Crippen LogP contribution in [0.1, 0.15) is 39.5 Å². The van der Waals surface area contributed by atoms with Crippen molar-refractivity contribution in [1.82, 2.24) is 9.80 Å². The van der Waals surface area contributed by atoms with Crippen molar-refractivity contribution in [3.8, 4) is 0 Å². The molecule has 4 nitrogen and oxygen atoms in total. The maximum absolute atomic E-state index is 11.4. The Labute approximate surface area is 116 Å². The first kappa shape index (κ1) is 17.0.